The molecule has 1 N–H and O–H groups in total. The molecule has 0 heterocycles. The summed E-state index contributed by atoms with van der Waals surface area (Å²) in [5.41, 5.74) is -0.658. The number of rotatable bonds is 5. The Morgan fingerprint density at radius 3 is 2.70 bits per heavy atom. The number of hydrogen-bond donors (Lipinski definition) is 1. The number of nitrogens with zero attached hydrogens (tertiary/aromatic N) is 1. The highest BCUT2D eigenvalue weighted by Gasteiger charge is 2.32. The minimum Gasteiger partial charge on any atom is -0.494 e. The Morgan fingerprint density at radius 1 is 1.50 bits per heavy atom. The van der Waals surface area contributed by atoms with Gasteiger partial charge in [0.2, 0.25) is 0 Å². The van der Waals surface area contributed by atoms with Crippen molar-refractivity contribution >= 4 is 5.91 Å². The van der Waals surface area contributed by atoms with Crippen molar-refractivity contribution in [3.05, 3.63) is 29.3 Å². The largest absolute Gasteiger partial charge is 0.494 e. The van der Waals surface area contributed by atoms with Crippen molar-refractivity contribution in [1.82, 2.24) is 4.90 Å². The first-order chi connectivity index (χ1) is 9.45. The number of likely N-dealkylation sites (N-methyl/N-ethyl adjacent to an activating group) is 1. The number of ether oxygens (including phenoxy) is 1. The van der Waals surface area contributed by atoms with Crippen molar-refractivity contribution in [2.24, 2.45) is 5.92 Å². The van der Waals surface area contributed by atoms with E-state index in [9.17, 15) is 18.7 Å². The second-order valence-electron chi connectivity index (χ2n) is 5.03. The van der Waals surface area contributed by atoms with Gasteiger partial charge < -0.3 is 14.7 Å². The number of amides is 1. The third-order valence-corrected chi connectivity index (χ3v) is 3.46. The Bertz CT molecular complexity index is 517. The van der Waals surface area contributed by atoms with Gasteiger partial charge in [-0.15, -0.1) is 0 Å². The lowest BCUT2D eigenvalue weighted by atomic mass is 10.1. The van der Waals surface area contributed by atoms with Gasteiger partial charge in [-0.1, -0.05) is 0 Å². The summed E-state index contributed by atoms with van der Waals surface area (Å²) in [5, 5.41) is 9.79. The first-order valence-electron chi connectivity index (χ1n) is 6.41. The van der Waals surface area contributed by atoms with Crippen LogP contribution in [0.5, 0.6) is 5.75 Å². The van der Waals surface area contributed by atoms with E-state index in [1.165, 1.54) is 14.2 Å². The van der Waals surface area contributed by atoms with E-state index in [0.717, 1.165) is 29.9 Å². The van der Waals surface area contributed by atoms with Crippen LogP contribution in [-0.4, -0.2) is 42.7 Å². The molecule has 0 radical (unpaired) electrons. The molecule has 1 aliphatic carbocycles. The molecular formula is C14H17F2NO3. The summed E-state index contributed by atoms with van der Waals surface area (Å²) in [7, 11) is 2.65. The monoisotopic (exact) mass is 285 g/mol. The molecule has 0 saturated heterocycles. The zero-order chi connectivity index (χ0) is 14.9. The Labute approximate surface area is 116 Å². The van der Waals surface area contributed by atoms with E-state index < -0.39 is 29.2 Å². The third kappa shape index (κ3) is 2.90. The SMILES string of the molecule is COc1ccc(F)c(C(=O)N(C)CC(O)C2CC2)c1F. The molecule has 1 aliphatic rings. The first-order valence-corrected chi connectivity index (χ1v) is 6.41. The van der Waals surface area contributed by atoms with Crippen molar-refractivity contribution in [2.45, 2.75) is 18.9 Å². The highest BCUT2D eigenvalue weighted by atomic mass is 19.1. The summed E-state index contributed by atoms with van der Waals surface area (Å²) in [4.78, 5) is 13.2. The summed E-state index contributed by atoms with van der Waals surface area (Å²) in [5.74, 6) is -2.78. The molecule has 4 nitrogen and oxygen atoms in total. The Kier molecular flexibility index (Phi) is 4.23. The molecule has 110 valence electrons. The number of halogens is 2. The molecule has 1 atom stereocenters. The molecule has 20 heavy (non-hydrogen) atoms. The van der Waals surface area contributed by atoms with Crippen LogP contribution in [-0.2, 0) is 0 Å². The summed E-state index contributed by atoms with van der Waals surface area (Å²) >= 11 is 0. The number of aliphatic hydroxyl groups excluding tert-OH is 1. The average molecular weight is 285 g/mol. The minimum absolute atomic E-state index is 0.0551. The zero-order valence-electron chi connectivity index (χ0n) is 11.4. The van der Waals surface area contributed by atoms with Gasteiger partial charge in [0, 0.05) is 13.6 Å². The number of aliphatic hydroxyl groups is 1. The molecule has 0 aliphatic heterocycles. The Balaban J connectivity index is 2.19. The van der Waals surface area contributed by atoms with Gasteiger partial charge in [-0.2, -0.15) is 0 Å². The van der Waals surface area contributed by atoms with E-state index in [2.05, 4.69) is 0 Å². The molecule has 1 aromatic rings. The predicted molar refractivity (Wildman–Crippen MR) is 68.6 cm³/mol. The predicted octanol–water partition coefficient (Wildman–Crippen LogP) is 1.82. The van der Waals surface area contributed by atoms with Gasteiger partial charge >= 0.3 is 0 Å². The maximum Gasteiger partial charge on any atom is 0.259 e. The van der Waals surface area contributed by atoms with Gasteiger partial charge in [-0.25, -0.2) is 8.78 Å². The fraction of sp³-hybridized carbons (Fsp3) is 0.500. The van der Waals surface area contributed by atoms with Crippen LogP contribution in [0.4, 0.5) is 8.78 Å². The van der Waals surface area contributed by atoms with Crippen LogP contribution < -0.4 is 4.74 Å². The fourth-order valence-corrected chi connectivity index (χ4v) is 2.07. The second-order valence-corrected chi connectivity index (χ2v) is 5.03. The first kappa shape index (κ1) is 14.7. The van der Waals surface area contributed by atoms with E-state index in [4.69, 9.17) is 4.74 Å². The van der Waals surface area contributed by atoms with E-state index in [-0.39, 0.29) is 18.2 Å². The topological polar surface area (TPSA) is 49.8 Å². The highest BCUT2D eigenvalue weighted by Crippen LogP contribution is 2.33. The van der Waals surface area contributed by atoms with Gasteiger partial charge in [0.05, 0.1) is 13.2 Å². The van der Waals surface area contributed by atoms with Crippen molar-refractivity contribution < 1.29 is 23.4 Å². The van der Waals surface area contributed by atoms with Crippen molar-refractivity contribution in [1.29, 1.82) is 0 Å². The molecule has 1 saturated carbocycles. The Morgan fingerprint density at radius 2 is 2.15 bits per heavy atom. The molecule has 1 amide bonds. The van der Waals surface area contributed by atoms with E-state index >= 15 is 0 Å². The number of benzene rings is 1. The van der Waals surface area contributed by atoms with Gasteiger partial charge in [-0.05, 0) is 30.9 Å². The average Bonchev–Trinajstić information content (AvgIpc) is 3.23. The van der Waals surface area contributed by atoms with Gasteiger partial charge in [-0.3, -0.25) is 4.79 Å². The summed E-state index contributed by atoms with van der Waals surface area (Å²) in [6, 6.07) is 2.11. The van der Waals surface area contributed by atoms with Crippen molar-refractivity contribution in [2.75, 3.05) is 20.7 Å². The standard InChI is InChI=1S/C14H17F2NO3/c1-17(7-10(18)8-3-4-8)14(19)12-9(15)5-6-11(20-2)13(12)16/h5-6,8,10,18H,3-4,7H2,1-2H3. The van der Waals surface area contributed by atoms with Gasteiger partial charge in [0.15, 0.2) is 11.6 Å². The van der Waals surface area contributed by atoms with E-state index in [1.807, 2.05) is 0 Å². The lowest BCUT2D eigenvalue weighted by Gasteiger charge is -2.21. The van der Waals surface area contributed by atoms with Crippen molar-refractivity contribution in [3.63, 3.8) is 0 Å². The number of hydrogen-bond acceptors (Lipinski definition) is 3. The lowest BCUT2D eigenvalue weighted by molar-refractivity contribution is 0.0636. The second kappa shape index (κ2) is 5.75. The van der Waals surface area contributed by atoms with E-state index in [1.54, 1.807) is 0 Å². The summed E-state index contributed by atoms with van der Waals surface area (Å²) < 4.78 is 32.4. The third-order valence-electron chi connectivity index (χ3n) is 3.46. The number of carbonyl (C=O) groups is 1. The quantitative estimate of drug-likeness (QED) is 0.897. The highest BCUT2D eigenvalue weighted by molar-refractivity contribution is 5.95. The maximum absolute atomic E-state index is 14.0. The van der Waals surface area contributed by atoms with Crippen molar-refractivity contribution in [3.8, 4) is 5.75 Å². The maximum atomic E-state index is 14.0. The molecular weight excluding hydrogens is 268 g/mol. The van der Waals surface area contributed by atoms with Gasteiger partial charge in [0.1, 0.15) is 11.4 Å². The smallest absolute Gasteiger partial charge is 0.259 e. The molecule has 0 bridgehead atoms. The van der Waals surface area contributed by atoms with E-state index in [0.29, 0.717) is 0 Å². The normalized spacial score (nSPS) is 15.8. The fourth-order valence-electron chi connectivity index (χ4n) is 2.07. The van der Waals surface area contributed by atoms with Crippen LogP contribution in [0.3, 0.4) is 0 Å². The molecule has 2 rings (SSSR count). The molecule has 1 aromatic carbocycles. The van der Waals surface area contributed by atoms with Crippen LogP contribution >= 0.6 is 0 Å². The molecule has 0 spiro atoms. The Hall–Kier alpha value is -1.69. The molecule has 0 aromatic heterocycles. The van der Waals surface area contributed by atoms with Crippen LogP contribution in [0.2, 0.25) is 0 Å². The summed E-state index contributed by atoms with van der Waals surface area (Å²) in [6.45, 7) is 0.0551. The van der Waals surface area contributed by atoms with Crippen LogP contribution in [0.1, 0.15) is 23.2 Å². The molecule has 1 fully saturated rings. The van der Waals surface area contributed by atoms with Crippen LogP contribution in [0.25, 0.3) is 0 Å². The zero-order valence-corrected chi connectivity index (χ0v) is 11.4. The lowest BCUT2D eigenvalue weighted by Crippen LogP contribution is -2.36. The number of methoxy groups -OCH3 is 1. The van der Waals surface area contributed by atoms with Crippen LogP contribution in [0.15, 0.2) is 12.1 Å². The van der Waals surface area contributed by atoms with Gasteiger partial charge in [0.25, 0.3) is 5.91 Å². The summed E-state index contributed by atoms with van der Waals surface area (Å²) in [6.07, 6.45) is 1.19. The van der Waals surface area contributed by atoms with Crippen LogP contribution in [0, 0.1) is 17.6 Å². The number of carbonyl (C=O) groups excluding carboxylic acids is 1. The minimum atomic E-state index is -1.02. The molecule has 1 unspecified atom stereocenters. The molecule has 6 heteroatoms.